The normalized spacial score (nSPS) is 11.1. The predicted octanol–water partition coefficient (Wildman–Crippen LogP) is 3.02. The van der Waals surface area contributed by atoms with Gasteiger partial charge in [0.05, 0.1) is 11.8 Å². The molecule has 0 aliphatic heterocycles. The van der Waals surface area contributed by atoms with Gasteiger partial charge in [0.2, 0.25) is 4.77 Å². The molecule has 1 aromatic carbocycles. The Morgan fingerprint density at radius 2 is 1.95 bits per heavy atom. The lowest BCUT2D eigenvalue weighted by molar-refractivity contribution is 0.628. The monoisotopic (exact) mass is 299 g/mol. The molecule has 7 heteroatoms. The molecule has 0 spiro atoms. The van der Waals surface area contributed by atoms with E-state index in [1.54, 1.807) is 48.9 Å². The average Bonchev–Trinajstić information content (AvgIpc) is 2.88. The Bertz CT molecular complexity index is 838. The molecule has 0 radical (unpaired) electrons. The van der Waals surface area contributed by atoms with Crippen LogP contribution in [0.1, 0.15) is 5.56 Å². The first kappa shape index (κ1) is 13.3. The third-order valence-electron chi connectivity index (χ3n) is 2.79. The van der Waals surface area contributed by atoms with Gasteiger partial charge in [0.15, 0.2) is 5.82 Å². The summed E-state index contributed by atoms with van der Waals surface area (Å²) in [6.07, 6.45) is 4.93. The molecule has 1 N–H and O–H groups in total. The van der Waals surface area contributed by atoms with Crippen LogP contribution in [-0.2, 0) is 0 Å². The molecule has 3 rings (SSSR count). The Labute approximate surface area is 124 Å². The largest absolute Gasteiger partial charge is 0.265 e. The smallest absolute Gasteiger partial charge is 0.216 e. The van der Waals surface area contributed by atoms with Crippen molar-refractivity contribution < 1.29 is 4.39 Å². The van der Waals surface area contributed by atoms with Crippen LogP contribution < -0.4 is 0 Å². The fourth-order valence-corrected chi connectivity index (χ4v) is 1.97. The van der Waals surface area contributed by atoms with Gasteiger partial charge in [-0.2, -0.15) is 14.9 Å². The van der Waals surface area contributed by atoms with Crippen molar-refractivity contribution in [3.63, 3.8) is 0 Å². The first-order valence-electron chi connectivity index (χ1n) is 6.12. The average molecular weight is 299 g/mol. The molecular formula is C14H10FN5S. The zero-order chi connectivity index (χ0) is 14.7. The van der Waals surface area contributed by atoms with E-state index >= 15 is 0 Å². The maximum Gasteiger partial charge on any atom is 0.216 e. The summed E-state index contributed by atoms with van der Waals surface area (Å²) >= 11 is 5.13. The van der Waals surface area contributed by atoms with Gasteiger partial charge in [-0.3, -0.25) is 4.98 Å². The zero-order valence-electron chi connectivity index (χ0n) is 10.8. The summed E-state index contributed by atoms with van der Waals surface area (Å²) in [6.45, 7) is 0. The van der Waals surface area contributed by atoms with E-state index in [-0.39, 0.29) is 5.82 Å². The van der Waals surface area contributed by atoms with E-state index in [4.69, 9.17) is 12.2 Å². The highest BCUT2D eigenvalue weighted by molar-refractivity contribution is 7.71. The van der Waals surface area contributed by atoms with Crippen molar-refractivity contribution in [2.45, 2.75) is 0 Å². The van der Waals surface area contributed by atoms with Crippen molar-refractivity contribution in [1.82, 2.24) is 19.9 Å². The molecule has 0 aliphatic rings. The van der Waals surface area contributed by atoms with Crippen molar-refractivity contribution in [1.29, 1.82) is 0 Å². The summed E-state index contributed by atoms with van der Waals surface area (Å²) in [7, 11) is 0. The zero-order valence-corrected chi connectivity index (χ0v) is 11.6. The van der Waals surface area contributed by atoms with Gasteiger partial charge in [0, 0.05) is 12.4 Å². The summed E-state index contributed by atoms with van der Waals surface area (Å²) in [6, 6.07) is 9.94. The second-order valence-corrected chi connectivity index (χ2v) is 4.56. The topological polar surface area (TPSA) is 58.9 Å². The molecule has 2 heterocycles. The van der Waals surface area contributed by atoms with Crippen LogP contribution in [0.4, 0.5) is 4.39 Å². The van der Waals surface area contributed by atoms with E-state index in [0.717, 1.165) is 5.56 Å². The fourth-order valence-electron chi connectivity index (χ4n) is 1.79. The Morgan fingerprint density at radius 1 is 1.19 bits per heavy atom. The molecule has 0 saturated heterocycles. The predicted molar refractivity (Wildman–Crippen MR) is 80.0 cm³/mol. The van der Waals surface area contributed by atoms with Crippen LogP contribution in [0.5, 0.6) is 0 Å². The Kier molecular flexibility index (Phi) is 3.65. The van der Waals surface area contributed by atoms with Crippen molar-refractivity contribution >= 4 is 18.4 Å². The highest BCUT2D eigenvalue weighted by atomic mass is 32.1. The maximum atomic E-state index is 13.9. The Morgan fingerprint density at radius 3 is 2.71 bits per heavy atom. The number of H-pyrrole nitrogens is 1. The molecule has 21 heavy (non-hydrogen) atoms. The number of benzene rings is 1. The van der Waals surface area contributed by atoms with Crippen molar-refractivity contribution in [3.8, 4) is 11.4 Å². The summed E-state index contributed by atoms with van der Waals surface area (Å²) in [4.78, 5) is 3.93. The van der Waals surface area contributed by atoms with Gasteiger partial charge in [-0.15, -0.1) is 0 Å². The Balaban J connectivity index is 2.05. The molecule has 5 nitrogen and oxygen atoms in total. The van der Waals surface area contributed by atoms with Crippen LogP contribution in [0.2, 0.25) is 0 Å². The van der Waals surface area contributed by atoms with Gasteiger partial charge >= 0.3 is 0 Å². The standard InChI is InChI=1S/C14H10FN5S/c15-12-4-2-1-3-11(12)13-18-19-14(21)20(13)17-9-10-5-7-16-8-6-10/h1-9H,(H,19,21)/b17-9-. The molecule has 0 saturated carbocycles. The van der Waals surface area contributed by atoms with Crippen molar-refractivity contribution in [2.75, 3.05) is 0 Å². The molecule has 0 unspecified atom stereocenters. The third kappa shape index (κ3) is 2.77. The minimum atomic E-state index is -0.383. The van der Waals surface area contributed by atoms with E-state index in [0.29, 0.717) is 16.2 Å². The highest BCUT2D eigenvalue weighted by Gasteiger charge is 2.11. The SMILES string of the molecule is Fc1ccccc1-c1n[nH]c(=S)n1/N=C\c1ccncc1. The van der Waals surface area contributed by atoms with Gasteiger partial charge in [-0.1, -0.05) is 12.1 Å². The quantitative estimate of drug-likeness (QED) is 0.597. The minimum absolute atomic E-state index is 0.290. The van der Waals surface area contributed by atoms with E-state index in [9.17, 15) is 4.39 Å². The van der Waals surface area contributed by atoms with Crippen LogP contribution in [-0.4, -0.2) is 26.1 Å². The second-order valence-electron chi connectivity index (χ2n) is 4.17. The van der Waals surface area contributed by atoms with Gasteiger partial charge in [-0.25, -0.2) is 9.49 Å². The molecule has 2 aromatic heterocycles. The number of nitrogens with one attached hydrogen (secondary N) is 1. The van der Waals surface area contributed by atoms with Crippen molar-refractivity contribution in [3.05, 3.63) is 64.9 Å². The first-order chi connectivity index (χ1) is 10.3. The third-order valence-corrected chi connectivity index (χ3v) is 3.06. The number of hydrogen-bond acceptors (Lipinski definition) is 4. The molecular weight excluding hydrogens is 289 g/mol. The first-order valence-corrected chi connectivity index (χ1v) is 6.53. The number of halogens is 1. The lowest BCUT2D eigenvalue weighted by atomic mass is 10.2. The van der Waals surface area contributed by atoms with E-state index in [2.05, 4.69) is 20.3 Å². The number of rotatable bonds is 3. The van der Waals surface area contributed by atoms with E-state index < -0.39 is 0 Å². The Hall–Kier alpha value is -2.67. The van der Waals surface area contributed by atoms with E-state index in [1.165, 1.54) is 10.7 Å². The molecule has 0 fully saturated rings. The lowest BCUT2D eigenvalue weighted by Gasteiger charge is -2.01. The van der Waals surface area contributed by atoms with Crippen LogP contribution in [0.15, 0.2) is 53.9 Å². The van der Waals surface area contributed by atoms with Crippen LogP contribution >= 0.6 is 12.2 Å². The number of hydrogen-bond donors (Lipinski definition) is 1. The molecule has 104 valence electrons. The molecule has 0 amide bonds. The second kappa shape index (κ2) is 5.76. The van der Waals surface area contributed by atoms with Gasteiger partial charge < -0.3 is 0 Å². The summed E-state index contributed by atoms with van der Waals surface area (Å²) in [5.74, 6) is -0.0599. The van der Waals surface area contributed by atoms with Crippen LogP contribution in [0, 0.1) is 10.6 Å². The fraction of sp³-hybridized carbons (Fsp3) is 0. The summed E-state index contributed by atoms with van der Waals surface area (Å²) in [5, 5.41) is 10.9. The molecule has 3 aromatic rings. The lowest BCUT2D eigenvalue weighted by Crippen LogP contribution is -1.96. The number of aromatic nitrogens is 4. The van der Waals surface area contributed by atoms with Crippen molar-refractivity contribution in [2.24, 2.45) is 5.10 Å². The molecule has 0 atom stereocenters. The van der Waals surface area contributed by atoms with Gasteiger partial charge in [0.25, 0.3) is 0 Å². The number of aromatic amines is 1. The van der Waals surface area contributed by atoms with Gasteiger partial charge in [0.1, 0.15) is 5.82 Å². The summed E-state index contributed by atoms with van der Waals surface area (Å²) in [5.41, 5.74) is 1.18. The van der Waals surface area contributed by atoms with Crippen LogP contribution in [0.3, 0.4) is 0 Å². The van der Waals surface area contributed by atoms with E-state index in [1.807, 2.05) is 0 Å². The molecule has 0 aliphatic carbocycles. The summed E-state index contributed by atoms with van der Waals surface area (Å²) < 4.78 is 15.5. The van der Waals surface area contributed by atoms with Crippen LogP contribution in [0.25, 0.3) is 11.4 Å². The maximum absolute atomic E-state index is 13.9. The van der Waals surface area contributed by atoms with Gasteiger partial charge in [-0.05, 0) is 42.0 Å². The number of pyridine rings is 1. The minimum Gasteiger partial charge on any atom is -0.265 e. The molecule has 0 bridgehead atoms. The highest BCUT2D eigenvalue weighted by Crippen LogP contribution is 2.20. The number of nitrogens with zero attached hydrogens (tertiary/aromatic N) is 4.